The number of rotatable bonds is 6. The van der Waals surface area contributed by atoms with Crippen LogP contribution in [0, 0.1) is 0 Å². The molecule has 4 heteroatoms. The molecule has 0 fully saturated rings. The molecule has 1 aromatic rings. The summed E-state index contributed by atoms with van der Waals surface area (Å²) in [6.45, 7) is 2.63. The van der Waals surface area contributed by atoms with Gasteiger partial charge in [0, 0.05) is 6.07 Å². The Bertz CT molecular complexity index is 360. The average Bonchev–Trinajstić information content (AvgIpc) is 2.16. The molecule has 0 heterocycles. The lowest BCUT2D eigenvalue weighted by Gasteiger charge is -2.07. The van der Waals surface area contributed by atoms with Gasteiger partial charge in [0.05, 0.1) is 13.0 Å². The van der Waals surface area contributed by atoms with Gasteiger partial charge < -0.3 is 14.9 Å². The van der Waals surface area contributed by atoms with E-state index in [0.717, 1.165) is 12.8 Å². The SMILES string of the molecule is CCCCOc1cc(O)cc(CC(=O)O)c1. The highest BCUT2D eigenvalue weighted by molar-refractivity contribution is 5.70. The van der Waals surface area contributed by atoms with Crippen molar-refractivity contribution in [3.63, 3.8) is 0 Å². The van der Waals surface area contributed by atoms with Crippen molar-refractivity contribution in [3.8, 4) is 11.5 Å². The Balaban J connectivity index is 2.69. The largest absolute Gasteiger partial charge is 0.508 e. The zero-order valence-electron chi connectivity index (χ0n) is 9.27. The van der Waals surface area contributed by atoms with Crippen LogP contribution in [0.25, 0.3) is 0 Å². The summed E-state index contributed by atoms with van der Waals surface area (Å²) in [5.74, 6) is -0.375. The third-order valence-electron chi connectivity index (χ3n) is 2.07. The summed E-state index contributed by atoms with van der Waals surface area (Å²) >= 11 is 0. The molecule has 0 aliphatic rings. The molecular weight excluding hydrogens is 208 g/mol. The molecule has 0 saturated carbocycles. The predicted molar refractivity (Wildman–Crippen MR) is 59.8 cm³/mol. The molecular formula is C12H16O4. The molecule has 0 aliphatic heterocycles. The van der Waals surface area contributed by atoms with Gasteiger partial charge in [0.25, 0.3) is 0 Å². The van der Waals surface area contributed by atoms with Gasteiger partial charge in [0.2, 0.25) is 0 Å². The molecule has 0 aliphatic carbocycles. The molecule has 16 heavy (non-hydrogen) atoms. The molecule has 2 N–H and O–H groups in total. The smallest absolute Gasteiger partial charge is 0.307 e. The molecule has 0 bridgehead atoms. The number of phenolic OH excluding ortho intramolecular Hbond substituents is 1. The van der Waals surface area contributed by atoms with Crippen molar-refractivity contribution >= 4 is 5.97 Å². The van der Waals surface area contributed by atoms with E-state index in [1.54, 1.807) is 6.07 Å². The van der Waals surface area contributed by atoms with E-state index in [-0.39, 0.29) is 12.2 Å². The first-order valence-electron chi connectivity index (χ1n) is 5.29. The monoisotopic (exact) mass is 224 g/mol. The number of carboxylic acid groups (broad SMARTS) is 1. The highest BCUT2D eigenvalue weighted by atomic mass is 16.5. The van der Waals surface area contributed by atoms with Gasteiger partial charge in [-0.2, -0.15) is 0 Å². The molecule has 0 aromatic heterocycles. The Morgan fingerprint density at radius 2 is 2.12 bits per heavy atom. The molecule has 0 unspecified atom stereocenters. The molecule has 1 aromatic carbocycles. The minimum absolute atomic E-state index is 0.0326. The summed E-state index contributed by atoms with van der Waals surface area (Å²) in [6.07, 6.45) is 1.85. The maximum Gasteiger partial charge on any atom is 0.307 e. The third kappa shape index (κ3) is 4.21. The maximum absolute atomic E-state index is 10.5. The van der Waals surface area contributed by atoms with Crippen LogP contribution in [0.1, 0.15) is 25.3 Å². The minimum Gasteiger partial charge on any atom is -0.508 e. The summed E-state index contributed by atoms with van der Waals surface area (Å²) in [4.78, 5) is 10.5. The summed E-state index contributed by atoms with van der Waals surface area (Å²) in [7, 11) is 0. The van der Waals surface area contributed by atoms with Gasteiger partial charge >= 0.3 is 5.97 Å². The van der Waals surface area contributed by atoms with E-state index in [4.69, 9.17) is 9.84 Å². The average molecular weight is 224 g/mol. The molecule has 1 rings (SSSR count). The van der Waals surface area contributed by atoms with Gasteiger partial charge in [-0.25, -0.2) is 0 Å². The van der Waals surface area contributed by atoms with Crippen LogP contribution in [-0.2, 0) is 11.2 Å². The van der Waals surface area contributed by atoms with Crippen molar-refractivity contribution in [2.75, 3.05) is 6.61 Å². The van der Waals surface area contributed by atoms with Crippen molar-refractivity contribution in [1.82, 2.24) is 0 Å². The predicted octanol–water partition coefficient (Wildman–Crippen LogP) is 2.20. The molecule has 0 atom stereocenters. The van der Waals surface area contributed by atoms with E-state index in [1.807, 2.05) is 0 Å². The lowest BCUT2D eigenvalue weighted by atomic mass is 10.1. The Kier molecular flexibility index (Phi) is 4.64. The summed E-state index contributed by atoms with van der Waals surface area (Å²) in [5, 5.41) is 18.0. The highest BCUT2D eigenvalue weighted by Gasteiger charge is 2.05. The molecule has 0 saturated heterocycles. The number of aromatic hydroxyl groups is 1. The number of ether oxygens (including phenoxy) is 1. The molecule has 0 amide bonds. The van der Waals surface area contributed by atoms with Crippen LogP contribution in [0.4, 0.5) is 0 Å². The maximum atomic E-state index is 10.5. The lowest BCUT2D eigenvalue weighted by molar-refractivity contribution is -0.136. The first kappa shape index (κ1) is 12.4. The van der Waals surface area contributed by atoms with Gasteiger partial charge in [-0.3, -0.25) is 4.79 Å². The van der Waals surface area contributed by atoms with Gasteiger partial charge in [0.1, 0.15) is 11.5 Å². The molecule has 0 radical (unpaired) electrons. The van der Waals surface area contributed by atoms with Crippen LogP contribution < -0.4 is 4.74 Å². The zero-order valence-corrected chi connectivity index (χ0v) is 9.27. The van der Waals surface area contributed by atoms with E-state index in [0.29, 0.717) is 17.9 Å². The van der Waals surface area contributed by atoms with Crippen LogP contribution in [-0.4, -0.2) is 22.8 Å². The fraction of sp³-hybridized carbons (Fsp3) is 0.417. The number of benzene rings is 1. The van der Waals surface area contributed by atoms with Crippen LogP contribution in [0.2, 0.25) is 0 Å². The van der Waals surface area contributed by atoms with Crippen molar-refractivity contribution in [2.24, 2.45) is 0 Å². The highest BCUT2D eigenvalue weighted by Crippen LogP contribution is 2.22. The number of unbranched alkanes of at least 4 members (excludes halogenated alkanes) is 1. The van der Waals surface area contributed by atoms with Gasteiger partial charge in [-0.05, 0) is 24.1 Å². The topological polar surface area (TPSA) is 66.8 Å². The number of carboxylic acids is 1. The summed E-state index contributed by atoms with van der Waals surface area (Å²) in [6, 6.07) is 4.56. The number of carbonyl (C=O) groups is 1. The lowest BCUT2D eigenvalue weighted by Crippen LogP contribution is -2.01. The van der Waals surface area contributed by atoms with E-state index < -0.39 is 5.97 Å². The van der Waals surface area contributed by atoms with E-state index in [9.17, 15) is 9.90 Å². The molecule has 4 nitrogen and oxygen atoms in total. The van der Waals surface area contributed by atoms with Crippen LogP contribution >= 0.6 is 0 Å². The van der Waals surface area contributed by atoms with E-state index in [1.165, 1.54) is 12.1 Å². The molecule has 0 spiro atoms. The standard InChI is InChI=1S/C12H16O4/c1-2-3-4-16-11-6-9(7-12(14)15)5-10(13)8-11/h5-6,8,13H,2-4,7H2,1H3,(H,14,15). The zero-order chi connectivity index (χ0) is 12.0. The van der Waals surface area contributed by atoms with Crippen molar-refractivity contribution in [2.45, 2.75) is 26.2 Å². The normalized spacial score (nSPS) is 10.1. The summed E-state index contributed by atoms with van der Waals surface area (Å²) in [5.41, 5.74) is 0.541. The molecule has 88 valence electrons. The summed E-state index contributed by atoms with van der Waals surface area (Å²) < 4.78 is 5.40. The van der Waals surface area contributed by atoms with Gasteiger partial charge in [0.15, 0.2) is 0 Å². The minimum atomic E-state index is -0.926. The number of phenols is 1. The van der Waals surface area contributed by atoms with Crippen LogP contribution in [0.15, 0.2) is 18.2 Å². The first-order chi connectivity index (χ1) is 7.61. The quantitative estimate of drug-likeness (QED) is 0.727. The van der Waals surface area contributed by atoms with Crippen molar-refractivity contribution < 1.29 is 19.7 Å². The fourth-order valence-corrected chi connectivity index (χ4v) is 1.34. The van der Waals surface area contributed by atoms with Crippen LogP contribution in [0.3, 0.4) is 0 Å². The second kappa shape index (κ2) is 6.00. The van der Waals surface area contributed by atoms with Gasteiger partial charge in [-0.15, -0.1) is 0 Å². The number of hydrogen-bond acceptors (Lipinski definition) is 3. The fourth-order valence-electron chi connectivity index (χ4n) is 1.34. The Labute approximate surface area is 94.5 Å². The van der Waals surface area contributed by atoms with Crippen molar-refractivity contribution in [1.29, 1.82) is 0 Å². The van der Waals surface area contributed by atoms with Gasteiger partial charge in [-0.1, -0.05) is 13.3 Å². The Morgan fingerprint density at radius 3 is 2.75 bits per heavy atom. The van der Waals surface area contributed by atoms with E-state index >= 15 is 0 Å². The number of hydrogen-bond donors (Lipinski definition) is 2. The Morgan fingerprint density at radius 1 is 1.38 bits per heavy atom. The first-order valence-corrected chi connectivity index (χ1v) is 5.29. The number of aliphatic carboxylic acids is 1. The second-order valence-corrected chi connectivity index (χ2v) is 3.61. The van der Waals surface area contributed by atoms with Crippen LogP contribution in [0.5, 0.6) is 11.5 Å². The third-order valence-corrected chi connectivity index (χ3v) is 2.07. The van der Waals surface area contributed by atoms with E-state index in [2.05, 4.69) is 6.92 Å². The Hall–Kier alpha value is -1.71. The second-order valence-electron chi connectivity index (χ2n) is 3.61. The van der Waals surface area contributed by atoms with Crippen molar-refractivity contribution in [3.05, 3.63) is 23.8 Å².